The van der Waals surface area contributed by atoms with Crippen LogP contribution in [-0.2, 0) is 11.3 Å². The Labute approximate surface area is 137 Å². The molecule has 1 amide bonds. The second-order valence-electron chi connectivity index (χ2n) is 5.68. The maximum absolute atomic E-state index is 12.1. The van der Waals surface area contributed by atoms with Gasteiger partial charge in [0.1, 0.15) is 0 Å². The first-order chi connectivity index (χ1) is 11.2. The van der Waals surface area contributed by atoms with E-state index in [-0.39, 0.29) is 5.91 Å². The molecule has 2 aromatic rings. The van der Waals surface area contributed by atoms with Gasteiger partial charge < -0.3 is 10.6 Å². The van der Waals surface area contributed by atoms with E-state index in [2.05, 4.69) is 34.6 Å². The van der Waals surface area contributed by atoms with Crippen molar-refractivity contribution in [1.82, 2.24) is 14.8 Å². The van der Waals surface area contributed by atoms with E-state index in [9.17, 15) is 4.79 Å². The van der Waals surface area contributed by atoms with Crippen LogP contribution in [0.15, 0.2) is 12.4 Å². The maximum Gasteiger partial charge on any atom is 0.224 e. The number of hydrogen-bond acceptors (Lipinski definition) is 4. The molecule has 0 aromatic carbocycles. The van der Waals surface area contributed by atoms with Crippen LogP contribution < -0.4 is 10.6 Å². The van der Waals surface area contributed by atoms with E-state index in [1.165, 1.54) is 0 Å². The lowest BCUT2D eigenvalue weighted by Gasteiger charge is -2.14. The van der Waals surface area contributed by atoms with Gasteiger partial charge in [0.15, 0.2) is 5.65 Å². The largest absolute Gasteiger partial charge is 0.383 e. The molecule has 2 rings (SSSR count). The van der Waals surface area contributed by atoms with Crippen LogP contribution in [0.4, 0.5) is 11.4 Å². The standard InChI is InChI=1S/C17H27N5O/c1-4-7-9-15(23)21-14-12-19-17-13(11-20-22(17)6-3)16(14)18-10-8-5-2/h11-12H,4-10H2,1-3H3,(H,18,19)(H,21,23). The molecule has 0 aliphatic carbocycles. The number of carbonyl (C=O) groups excluding carboxylic acids is 1. The van der Waals surface area contributed by atoms with Gasteiger partial charge in [-0.2, -0.15) is 5.10 Å². The molecule has 0 spiro atoms. The molecule has 6 heteroatoms. The minimum atomic E-state index is 0.0365. The van der Waals surface area contributed by atoms with E-state index in [0.717, 1.165) is 61.2 Å². The summed E-state index contributed by atoms with van der Waals surface area (Å²) >= 11 is 0. The Balaban J connectivity index is 2.30. The molecule has 0 unspecified atom stereocenters. The SMILES string of the molecule is CCCCNc1c(NC(=O)CCCC)cnc2c1cnn2CC. The second kappa shape index (κ2) is 8.50. The Hall–Kier alpha value is -2.11. The molecule has 0 fully saturated rings. The molecule has 0 saturated carbocycles. The average molecular weight is 317 g/mol. The summed E-state index contributed by atoms with van der Waals surface area (Å²) in [6.07, 6.45) is 8.19. The fraction of sp³-hybridized carbons (Fsp3) is 0.588. The molecule has 6 nitrogen and oxygen atoms in total. The van der Waals surface area contributed by atoms with E-state index in [1.807, 2.05) is 17.8 Å². The van der Waals surface area contributed by atoms with Crippen molar-refractivity contribution in [2.75, 3.05) is 17.2 Å². The number of pyridine rings is 1. The van der Waals surface area contributed by atoms with Gasteiger partial charge in [-0.05, 0) is 19.8 Å². The zero-order chi connectivity index (χ0) is 16.7. The molecule has 2 heterocycles. The molecule has 2 aromatic heterocycles. The van der Waals surface area contributed by atoms with Gasteiger partial charge in [-0.15, -0.1) is 0 Å². The molecule has 0 atom stereocenters. The number of anilines is 2. The van der Waals surface area contributed by atoms with Gasteiger partial charge in [0, 0.05) is 19.5 Å². The van der Waals surface area contributed by atoms with Crippen molar-refractivity contribution in [3.8, 4) is 0 Å². The first-order valence-electron chi connectivity index (χ1n) is 8.59. The highest BCUT2D eigenvalue weighted by Gasteiger charge is 2.14. The summed E-state index contributed by atoms with van der Waals surface area (Å²) in [4.78, 5) is 16.5. The highest BCUT2D eigenvalue weighted by Crippen LogP contribution is 2.30. The van der Waals surface area contributed by atoms with Crippen molar-refractivity contribution < 1.29 is 4.79 Å². The van der Waals surface area contributed by atoms with Gasteiger partial charge in [-0.3, -0.25) is 4.79 Å². The summed E-state index contributed by atoms with van der Waals surface area (Å²) in [6.45, 7) is 7.92. The van der Waals surface area contributed by atoms with Crippen LogP contribution in [0.2, 0.25) is 0 Å². The van der Waals surface area contributed by atoms with Crippen molar-refractivity contribution in [2.24, 2.45) is 0 Å². The first kappa shape index (κ1) is 17.2. The lowest BCUT2D eigenvalue weighted by atomic mass is 10.2. The number of amides is 1. The van der Waals surface area contributed by atoms with E-state index < -0.39 is 0 Å². The summed E-state index contributed by atoms with van der Waals surface area (Å²) in [6, 6.07) is 0. The summed E-state index contributed by atoms with van der Waals surface area (Å²) in [5, 5.41) is 11.8. The number of aryl methyl sites for hydroxylation is 1. The fourth-order valence-electron chi connectivity index (χ4n) is 2.48. The fourth-order valence-corrected chi connectivity index (χ4v) is 2.48. The smallest absolute Gasteiger partial charge is 0.224 e. The van der Waals surface area contributed by atoms with Crippen molar-refractivity contribution in [1.29, 1.82) is 0 Å². The van der Waals surface area contributed by atoms with Crippen LogP contribution in [-0.4, -0.2) is 27.2 Å². The Morgan fingerprint density at radius 2 is 1.96 bits per heavy atom. The van der Waals surface area contributed by atoms with E-state index in [0.29, 0.717) is 6.42 Å². The number of unbranched alkanes of at least 4 members (excludes halogenated alkanes) is 2. The molecule has 0 saturated heterocycles. The number of fused-ring (bicyclic) bond motifs is 1. The van der Waals surface area contributed by atoms with Crippen LogP contribution in [0.1, 0.15) is 52.9 Å². The maximum atomic E-state index is 12.1. The molecule has 0 radical (unpaired) electrons. The minimum Gasteiger partial charge on any atom is -0.383 e. The van der Waals surface area contributed by atoms with Gasteiger partial charge in [0.25, 0.3) is 0 Å². The van der Waals surface area contributed by atoms with E-state index in [4.69, 9.17) is 0 Å². The number of hydrogen-bond donors (Lipinski definition) is 2. The third kappa shape index (κ3) is 4.21. The lowest BCUT2D eigenvalue weighted by molar-refractivity contribution is -0.116. The quantitative estimate of drug-likeness (QED) is 0.690. The molecular formula is C17H27N5O. The zero-order valence-electron chi connectivity index (χ0n) is 14.4. The second-order valence-corrected chi connectivity index (χ2v) is 5.68. The molecule has 0 aliphatic heterocycles. The summed E-state index contributed by atoms with van der Waals surface area (Å²) in [5.74, 6) is 0.0365. The normalized spacial score (nSPS) is 10.9. The Morgan fingerprint density at radius 3 is 2.65 bits per heavy atom. The van der Waals surface area contributed by atoms with Crippen LogP contribution in [0.5, 0.6) is 0 Å². The molecule has 0 bridgehead atoms. The van der Waals surface area contributed by atoms with Gasteiger partial charge in [-0.1, -0.05) is 26.7 Å². The van der Waals surface area contributed by atoms with Crippen molar-refractivity contribution in [3.05, 3.63) is 12.4 Å². The molecular weight excluding hydrogens is 290 g/mol. The number of aromatic nitrogens is 3. The predicted molar refractivity (Wildman–Crippen MR) is 94.8 cm³/mol. The topological polar surface area (TPSA) is 71.8 Å². The van der Waals surface area contributed by atoms with Gasteiger partial charge >= 0.3 is 0 Å². The van der Waals surface area contributed by atoms with Gasteiger partial charge in [0.05, 0.1) is 29.2 Å². The number of carbonyl (C=O) groups is 1. The zero-order valence-corrected chi connectivity index (χ0v) is 14.4. The monoisotopic (exact) mass is 317 g/mol. The Morgan fingerprint density at radius 1 is 1.17 bits per heavy atom. The Bertz CT molecular complexity index is 650. The van der Waals surface area contributed by atoms with Crippen LogP contribution in [0, 0.1) is 0 Å². The summed E-state index contributed by atoms with van der Waals surface area (Å²) in [7, 11) is 0. The van der Waals surface area contributed by atoms with Crippen LogP contribution >= 0.6 is 0 Å². The van der Waals surface area contributed by atoms with Crippen LogP contribution in [0.3, 0.4) is 0 Å². The van der Waals surface area contributed by atoms with Gasteiger partial charge in [0.2, 0.25) is 5.91 Å². The highest BCUT2D eigenvalue weighted by molar-refractivity contribution is 6.02. The third-order valence-electron chi connectivity index (χ3n) is 3.83. The van der Waals surface area contributed by atoms with Crippen molar-refractivity contribution in [3.63, 3.8) is 0 Å². The van der Waals surface area contributed by atoms with E-state index in [1.54, 1.807) is 6.20 Å². The number of nitrogens with zero attached hydrogens (tertiary/aromatic N) is 3. The van der Waals surface area contributed by atoms with Crippen molar-refractivity contribution in [2.45, 2.75) is 59.4 Å². The van der Waals surface area contributed by atoms with Crippen LogP contribution in [0.25, 0.3) is 11.0 Å². The minimum absolute atomic E-state index is 0.0365. The number of rotatable bonds is 9. The molecule has 0 aliphatic rings. The predicted octanol–water partition coefficient (Wildman–Crippen LogP) is 3.79. The molecule has 2 N–H and O–H groups in total. The molecule has 23 heavy (non-hydrogen) atoms. The summed E-state index contributed by atoms with van der Waals surface area (Å²) in [5.41, 5.74) is 2.51. The molecule has 126 valence electrons. The Kier molecular flexibility index (Phi) is 6.38. The van der Waals surface area contributed by atoms with Gasteiger partial charge in [-0.25, -0.2) is 9.67 Å². The first-order valence-corrected chi connectivity index (χ1v) is 8.59. The summed E-state index contributed by atoms with van der Waals surface area (Å²) < 4.78 is 1.86. The van der Waals surface area contributed by atoms with Crippen molar-refractivity contribution >= 4 is 28.3 Å². The highest BCUT2D eigenvalue weighted by atomic mass is 16.1. The third-order valence-corrected chi connectivity index (χ3v) is 3.83. The van der Waals surface area contributed by atoms with E-state index >= 15 is 0 Å². The lowest BCUT2D eigenvalue weighted by Crippen LogP contribution is -2.14. The average Bonchev–Trinajstić information content (AvgIpc) is 2.98. The number of nitrogens with one attached hydrogen (secondary N) is 2.